The molecule has 1 amide bonds. The predicted octanol–water partition coefficient (Wildman–Crippen LogP) is 2.29. The summed E-state index contributed by atoms with van der Waals surface area (Å²) in [7, 11) is 4.50. The number of nitrogens with zero attached hydrogens (tertiary/aromatic N) is 1. The lowest BCUT2D eigenvalue weighted by molar-refractivity contribution is 0.0744. The Labute approximate surface area is 127 Å². The second kappa shape index (κ2) is 6.76. The van der Waals surface area contributed by atoms with Gasteiger partial charge in [-0.25, -0.2) is 8.42 Å². The van der Waals surface area contributed by atoms with E-state index in [4.69, 9.17) is 27.0 Å². The van der Waals surface area contributed by atoms with E-state index in [-0.39, 0.29) is 21.4 Å². The van der Waals surface area contributed by atoms with Crippen molar-refractivity contribution in [3.63, 3.8) is 0 Å². The highest BCUT2D eigenvalue weighted by Gasteiger charge is 2.20. The first-order valence-corrected chi connectivity index (χ1v) is 8.36. The summed E-state index contributed by atoms with van der Waals surface area (Å²) in [6.45, 7) is 2.28. The molecule has 0 saturated carbocycles. The van der Waals surface area contributed by atoms with E-state index in [1.165, 1.54) is 31.1 Å². The average molecular weight is 340 g/mol. The van der Waals surface area contributed by atoms with Gasteiger partial charge in [-0.3, -0.25) is 4.79 Å². The Morgan fingerprint density at radius 2 is 2.00 bits per heavy atom. The maximum absolute atomic E-state index is 12.2. The van der Waals surface area contributed by atoms with Crippen molar-refractivity contribution in [2.45, 2.75) is 11.8 Å². The fraction of sp³-hybridized carbons (Fsp3) is 0.417. The van der Waals surface area contributed by atoms with Crippen molar-refractivity contribution in [1.29, 1.82) is 0 Å². The zero-order chi connectivity index (χ0) is 15.5. The largest absolute Gasteiger partial charge is 0.383 e. The molecular formula is C12H15Cl2NO4S. The normalized spacial score (nSPS) is 11.4. The molecule has 20 heavy (non-hydrogen) atoms. The predicted molar refractivity (Wildman–Crippen MR) is 78.1 cm³/mol. The molecule has 1 aromatic rings. The van der Waals surface area contributed by atoms with Crippen LogP contribution in [0.1, 0.15) is 15.9 Å². The van der Waals surface area contributed by atoms with Crippen molar-refractivity contribution in [3.8, 4) is 0 Å². The van der Waals surface area contributed by atoms with Gasteiger partial charge < -0.3 is 9.64 Å². The number of benzene rings is 1. The Bertz CT molecular complexity index is 616. The van der Waals surface area contributed by atoms with E-state index in [1.807, 2.05) is 0 Å². The third-order valence-corrected chi connectivity index (χ3v) is 4.62. The Balaban J connectivity index is 3.21. The zero-order valence-electron chi connectivity index (χ0n) is 11.3. The smallest absolute Gasteiger partial charge is 0.261 e. The Morgan fingerprint density at radius 1 is 1.40 bits per heavy atom. The average Bonchev–Trinajstić information content (AvgIpc) is 2.36. The first kappa shape index (κ1) is 17.2. The Kier molecular flexibility index (Phi) is 5.82. The van der Waals surface area contributed by atoms with Gasteiger partial charge in [-0.15, -0.1) is 0 Å². The van der Waals surface area contributed by atoms with Gasteiger partial charge in [-0.2, -0.15) is 0 Å². The summed E-state index contributed by atoms with van der Waals surface area (Å²) >= 11 is 5.96. The summed E-state index contributed by atoms with van der Waals surface area (Å²) in [6, 6.07) is 2.66. The number of hydrogen-bond donors (Lipinski definition) is 0. The van der Waals surface area contributed by atoms with E-state index in [9.17, 15) is 13.2 Å². The van der Waals surface area contributed by atoms with Crippen LogP contribution in [0.4, 0.5) is 0 Å². The second-order valence-electron chi connectivity index (χ2n) is 4.24. The molecule has 5 nitrogen and oxygen atoms in total. The van der Waals surface area contributed by atoms with E-state index >= 15 is 0 Å². The zero-order valence-corrected chi connectivity index (χ0v) is 13.6. The first-order chi connectivity index (χ1) is 9.18. The Hall–Kier alpha value is -0.820. The number of likely N-dealkylation sites (N-methyl/N-ethyl adjacent to an activating group) is 1. The topological polar surface area (TPSA) is 63.7 Å². The van der Waals surface area contributed by atoms with Gasteiger partial charge in [0.15, 0.2) is 0 Å². The summed E-state index contributed by atoms with van der Waals surface area (Å²) in [5.41, 5.74) is 0.483. The van der Waals surface area contributed by atoms with Crippen LogP contribution < -0.4 is 0 Å². The summed E-state index contributed by atoms with van der Waals surface area (Å²) in [5, 5.41) is 0.176. The molecule has 0 aliphatic rings. The minimum absolute atomic E-state index is 0.157. The van der Waals surface area contributed by atoms with Gasteiger partial charge >= 0.3 is 0 Å². The van der Waals surface area contributed by atoms with Crippen LogP contribution in [-0.4, -0.2) is 46.5 Å². The fourth-order valence-electron chi connectivity index (χ4n) is 1.58. The number of rotatable bonds is 5. The third kappa shape index (κ3) is 4.09. The van der Waals surface area contributed by atoms with E-state index in [2.05, 4.69) is 0 Å². The van der Waals surface area contributed by atoms with Crippen LogP contribution in [0, 0.1) is 6.92 Å². The first-order valence-electron chi connectivity index (χ1n) is 5.67. The molecule has 0 aliphatic heterocycles. The van der Waals surface area contributed by atoms with Crippen LogP contribution in [0.3, 0.4) is 0 Å². The van der Waals surface area contributed by atoms with Gasteiger partial charge in [0, 0.05) is 42.0 Å². The highest BCUT2D eigenvalue weighted by molar-refractivity contribution is 8.13. The van der Waals surface area contributed by atoms with Crippen molar-refractivity contribution in [1.82, 2.24) is 4.90 Å². The summed E-state index contributed by atoms with van der Waals surface area (Å²) in [5.74, 6) is -0.356. The highest BCUT2D eigenvalue weighted by atomic mass is 35.7. The van der Waals surface area contributed by atoms with Crippen LogP contribution in [0.2, 0.25) is 5.02 Å². The molecule has 1 rings (SSSR count). The molecule has 0 atom stereocenters. The molecule has 0 spiro atoms. The monoisotopic (exact) mass is 339 g/mol. The van der Waals surface area contributed by atoms with E-state index < -0.39 is 9.05 Å². The minimum atomic E-state index is -3.96. The number of carbonyl (C=O) groups excluding carboxylic acids is 1. The maximum Gasteiger partial charge on any atom is 0.261 e. The summed E-state index contributed by atoms with van der Waals surface area (Å²) in [4.78, 5) is 13.4. The van der Waals surface area contributed by atoms with Crippen molar-refractivity contribution >= 4 is 37.2 Å². The van der Waals surface area contributed by atoms with Gasteiger partial charge in [-0.1, -0.05) is 11.6 Å². The van der Waals surface area contributed by atoms with E-state index in [0.29, 0.717) is 18.7 Å². The van der Waals surface area contributed by atoms with Gasteiger partial charge in [0.2, 0.25) is 0 Å². The fourth-order valence-corrected chi connectivity index (χ4v) is 3.08. The molecule has 0 radical (unpaired) electrons. The lowest BCUT2D eigenvalue weighted by atomic mass is 10.1. The molecule has 0 heterocycles. The maximum atomic E-state index is 12.2. The standard InChI is InChI=1S/C12H15Cl2NO4S/c1-8-10(13)6-9(7-11(8)20(14,17)18)12(16)15(2)4-5-19-3/h6-7H,4-5H2,1-3H3. The van der Waals surface area contributed by atoms with Crippen molar-refractivity contribution in [2.24, 2.45) is 0 Å². The number of methoxy groups -OCH3 is 1. The van der Waals surface area contributed by atoms with Crippen molar-refractivity contribution in [2.75, 3.05) is 27.3 Å². The van der Waals surface area contributed by atoms with Crippen molar-refractivity contribution < 1.29 is 17.9 Å². The molecule has 0 fully saturated rings. The SMILES string of the molecule is COCCN(C)C(=O)c1cc(Cl)c(C)c(S(=O)(=O)Cl)c1. The number of halogens is 2. The highest BCUT2D eigenvalue weighted by Crippen LogP contribution is 2.28. The second-order valence-corrected chi connectivity index (χ2v) is 7.18. The quantitative estimate of drug-likeness (QED) is 0.772. The van der Waals surface area contributed by atoms with Crippen LogP contribution in [0.5, 0.6) is 0 Å². The summed E-state index contributed by atoms with van der Waals surface area (Å²) in [6.07, 6.45) is 0. The molecule has 8 heteroatoms. The summed E-state index contributed by atoms with van der Waals surface area (Å²) < 4.78 is 27.9. The molecule has 112 valence electrons. The lowest BCUT2D eigenvalue weighted by Crippen LogP contribution is -2.30. The van der Waals surface area contributed by atoms with Crippen molar-refractivity contribution in [3.05, 3.63) is 28.3 Å². The third-order valence-electron chi connectivity index (χ3n) is 2.78. The molecular weight excluding hydrogens is 325 g/mol. The minimum Gasteiger partial charge on any atom is -0.383 e. The molecule has 0 bridgehead atoms. The van der Waals surface area contributed by atoms with Crippen LogP contribution in [0.25, 0.3) is 0 Å². The van der Waals surface area contributed by atoms with Gasteiger partial charge in [0.25, 0.3) is 15.0 Å². The van der Waals surface area contributed by atoms with Gasteiger partial charge in [0.05, 0.1) is 11.5 Å². The van der Waals surface area contributed by atoms with E-state index in [1.54, 1.807) is 7.05 Å². The number of amides is 1. The van der Waals surface area contributed by atoms with Gasteiger partial charge in [-0.05, 0) is 24.6 Å². The molecule has 1 aromatic carbocycles. The Morgan fingerprint density at radius 3 is 2.50 bits per heavy atom. The number of carbonyl (C=O) groups is 1. The lowest BCUT2D eigenvalue weighted by Gasteiger charge is -2.17. The van der Waals surface area contributed by atoms with Crippen LogP contribution in [-0.2, 0) is 13.8 Å². The van der Waals surface area contributed by atoms with Gasteiger partial charge in [0.1, 0.15) is 0 Å². The van der Waals surface area contributed by atoms with Crippen LogP contribution >= 0.6 is 22.3 Å². The molecule has 0 N–H and O–H groups in total. The molecule has 0 aromatic heterocycles. The molecule has 0 aliphatic carbocycles. The number of ether oxygens (including phenoxy) is 1. The van der Waals surface area contributed by atoms with Crippen LogP contribution in [0.15, 0.2) is 17.0 Å². The molecule has 0 unspecified atom stereocenters. The number of hydrogen-bond acceptors (Lipinski definition) is 4. The molecule has 0 saturated heterocycles. The van der Waals surface area contributed by atoms with E-state index in [0.717, 1.165) is 0 Å².